The summed E-state index contributed by atoms with van der Waals surface area (Å²) in [6.07, 6.45) is -1.98. The maximum Gasteiger partial charge on any atom is 0.416 e. The molecule has 1 fully saturated rings. The van der Waals surface area contributed by atoms with Crippen LogP contribution in [0.15, 0.2) is 24.3 Å². The van der Waals surface area contributed by atoms with Crippen molar-refractivity contribution < 1.29 is 18.3 Å². The van der Waals surface area contributed by atoms with Crippen LogP contribution in [-0.4, -0.2) is 5.11 Å². The highest BCUT2D eigenvalue weighted by molar-refractivity contribution is 5.31. The Labute approximate surface area is 111 Å². The maximum absolute atomic E-state index is 12.8. The van der Waals surface area contributed by atoms with Crippen LogP contribution in [-0.2, 0) is 11.8 Å². The van der Waals surface area contributed by atoms with Crippen LogP contribution < -0.4 is 0 Å². The molecule has 19 heavy (non-hydrogen) atoms. The van der Waals surface area contributed by atoms with E-state index < -0.39 is 17.3 Å². The first-order valence-corrected chi connectivity index (χ1v) is 6.63. The molecule has 0 saturated heterocycles. The van der Waals surface area contributed by atoms with E-state index in [-0.39, 0.29) is 5.92 Å². The molecule has 1 saturated carbocycles. The lowest BCUT2D eigenvalue weighted by molar-refractivity contribution is -0.138. The molecule has 1 aliphatic carbocycles. The van der Waals surface area contributed by atoms with Gasteiger partial charge in [-0.05, 0) is 42.4 Å². The van der Waals surface area contributed by atoms with E-state index in [1.54, 1.807) is 6.07 Å². The zero-order valence-electron chi connectivity index (χ0n) is 11.2. The Morgan fingerprint density at radius 2 is 1.89 bits per heavy atom. The van der Waals surface area contributed by atoms with Crippen molar-refractivity contribution in [3.05, 3.63) is 35.4 Å². The second-order valence-corrected chi connectivity index (χ2v) is 5.79. The SMILES string of the molecule is CC1CCC(C)C(O)(c2cccc(C(F)(F)F)c2)C1. The van der Waals surface area contributed by atoms with Gasteiger partial charge in [0.15, 0.2) is 0 Å². The number of hydrogen-bond donors (Lipinski definition) is 1. The number of aliphatic hydroxyl groups is 1. The second kappa shape index (κ2) is 4.82. The van der Waals surface area contributed by atoms with Gasteiger partial charge in [-0.25, -0.2) is 0 Å². The minimum Gasteiger partial charge on any atom is -0.385 e. The van der Waals surface area contributed by atoms with Crippen molar-refractivity contribution in [2.45, 2.75) is 44.9 Å². The molecule has 3 unspecified atom stereocenters. The van der Waals surface area contributed by atoms with Crippen molar-refractivity contribution >= 4 is 0 Å². The lowest BCUT2D eigenvalue weighted by Crippen LogP contribution is -2.39. The van der Waals surface area contributed by atoms with Gasteiger partial charge in [-0.15, -0.1) is 0 Å². The number of benzene rings is 1. The third-order valence-electron chi connectivity index (χ3n) is 4.26. The van der Waals surface area contributed by atoms with Crippen LogP contribution in [0.4, 0.5) is 13.2 Å². The Morgan fingerprint density at radius 1 is 1.21 bits per heavy atom. The molecule has 2 rings (SSSR count). The molecule has 3 atom stereocenters. The van der Waals surface area contributed by atoms with Crippen LogP contribution in [0.3, 0.4) is 0 Å². The number of hydrogen-bond acceptors (Lipinski definition) is 1. The van der Waals surface area contributed by atoms with E-state index in [0.29, 0.717) is 17.9 Å². The van der Waals surface area contributed by atoms with Crippen LogP contribution in [0, 0.1) is 11.8 Å². The molecule has 1 nitrogen and oxygen atoms in total. The molecule has 1 aliphatic rings. The van der Waals surface area contributed by atoms with Gasteiger partial charge in [0.1, 0.15) is 0 Å². The Bertz CT molecular complexity index is 455. The fraction of sp³-hybridized carbons (Fsp3) is 0.600. The van der Waals surface area contributed by atoms with Crippen LogP contribution in [0.1, 0.15) is 44.2 Å². The molecule has 0 radical (unpaired) electrons. The molecule has 1 aromatic rings. The van der Waals surface area contributed by atoms with Gasteiger partial charge in [-0.1, -0.05) is 32.4 Å². The molecule has 0 amide bonds. The minimum absolute atomic E-state index is 0.0211. The average Bonchev–Trinajstić information content (AvgIpc) is 2.33. The van der Waals surface area contributed by atoms with Gasteiger partial charge >= 0.3 is 6.18 Å². The van der Waals surface area contributed by atoms with E-state index in [1.165, 1.54) is 6.07 Å². The third-order valence-corrected chi connectivity index (χ3v) is 4.26. The standard InChI is InChI=1S/C15H19F3O/c1-10-6-7-11(2)14(19,9-10)12-4-3-5-13(8-12)15(16,17)18/h3-5,8,10-11,19H,6-7,9H2,1-2H3. The zero-order valence-corrected chi connectivity index (χ0v) is 11.2. The number of rotatable bonds is 1. The molecule has 1 aromatic carbocycles. The van der Waals surface area contributed by atoms with Crippen molar-refractivity contribution in [2.24, 2.45) is 11.8 Å². The van der Waals surface area contributed by atoms with Crippen LogP contribution in [0.5, 0.6) is 0 Å². The topological polar surface area (TPSA) is 20.2 Å². The van der Waals surface area contributed by atoms with E-state index >= 15 is 0 Å². The summed E-state index contributed by atoms with van der Waals surface area (Å²) in [5.41, 5.74) is -1.44. The maximum atomic E-state index is 12.8. The van der Waals surface area contributed by atoms with Crippen LogP contribution in [0.2, 0.25) is 0 Å². The third kappa shape index (κ3) is 2.78. The summed E-state index contributed by atoms with van der Waals surface area (Å²) in [5.74, 6) is 0.308. The quantitative estimate of drug-likeness (QED) is 0.806. The largest absolute Gasteiger partial charge is 0.416 e. The molecule has 0 spiro atoms. The van der Waals surface area contributed by atoms with E-state index in [2.05, 4.69) is 0 Å². The summed E-state index contributed by atoms with van der Waals surface area (Å²) in [4.78, 5) is 0. The first-order chi connectivity index (χ1) is 8.73. The van der Waals surface area contributed by atoms with Gasteiger partial charge in [-0.3, -0.25) is 0 Å². The molecular formula is C15H19F3O. The summed E-state index contributed by atoms with van der Waals surface area (Å²) in [6.45, 7) is 3.94. The normalized spacial score (nSPS) is 32.3. The lowest BCUT2D eigenvalue weighted by atomic mass is 9.68. The second-order valence-electron chi connectivity index (χ2n) is 5.79. The first-order valence-electron chi connectivity index (χ1n) is 6.63. The van der Waals surface area contributed by atoms with Crippen molar-refractivity contribution in [1.29, 1.82) is 0 Å². The molecular weight excluding hydrogens is 253 g/mol. The summed E-state index contributed by atoms with van der Waals surface area (Å²) in [7, 11) is 0. The van der Waals surface area contributed by atoms with Crippen LogP contribution in [0.25, 0.3) is 0 Å². The highest BCUT2D eigenvalue weighted by Gasteiger charge is 2.41. The van der Waals surface area contributed by atoms with E-state index in [0.717, 1.165) is 25.0 Å². The fourth-order valence-corrected chi connectivity index (χ4v) is 2.97. The number of halogens is 3. The van der Waals surface area contributed by atoms with Gasteiger partial charge < -0.3 is 5.11 Å². The highest BCUT2D eigenvalue weighted by atomic mass is 19.4. The molecule has 0 bridgehead atoms. The minimum atomic E-state index is -4.37. The van der Waals surface area contributed by atoms with Gasteiger partial charge in [0.2, 0.25) is 0 Å². The van der Waals surface area contributed by atoms with E-state index in [9.17, 15) is 18.3 Å². The number of alkyl halides is 3. The lowest BCUT2D eigenvalue weighted by Gasteiger charge is -2.41. The summed E-state index contributed by atoms with van der Waals surface area (Å²) in [6, 6.07) is 5.12. The highest BCUT2D eigenvalue weighted by Crippen LogP contribution is 2.44. The van der Waals surface area contributed by atoms with Gasteiger partial charge in [-0.2, -0.15) is 13.2 Å². The first kappa shape index (κ1) is 14.4. The summed E-state index contributed by atoms with van der Waals surface area (Å²) >= 11 is 0. The molecule has 1 N–H and O–H groups in total. The molecule has 4 heteroatoms. The van der Waals surface area contributed by atoms with Crippen LogP contribution >= 0.6 is 0 Å². The van der Waals surface area contributed by atoms with Gasteiger partial charge in [0.05, 0.1) is 11.2 Å². The Hall–Kier alpha value is -1.03. The molecule has 0 aromatic heterocycles. The Balaban J connectivity index is 2.40. The van der Waals surface area contributed by atoms with Crippen molar-refractivity contribution in [3.63, 3.8) is 0 Å². The smallest absolute Gasteiger partial charge is 0.385 e. The Morgan fingerprint density at radius 3 is 2.53 bits per heavy atom. The Kier molecular flexibility index (Phi) is 3.65. The fourth-order valence-electron chi connectivity index (χ4n) is 2.97. The van der Waals surface area contributed by atoms with Gasteiger partial charge in [0.25, 0.3) is 0 Å². The molecule has 106 valence electrons. The van der Waals surface area contributed by atoms with Crippen molar-refractivity contribution in [1.82, 2.24) is 0 Å². The van der Waals surface area contributed by atoms with E-state index in [4.69, 9.17) is 0 Å². The predicted molar refractivity (Wildman–Crippen MR) is 67.5 cm³/mol. The van der Waals surface area contributed by atoms with Crippen molar-refractivity contribution in [2.75, 3.05) is 0 Å². The predicted octanol–water partition coefficient (Wildman–Crippen LogP) is 4.35. The summed E-state index contributed by atoms with van der Waals surface area (Å²) in [5, 5.41) is 10.8. The monoisotopic (exact) mass is 272 g/mol. The van der Waals surface area contributed by atoms with Gasteiger partial charge in [0, 0.05) is 0 Å². The van der Waals surface area contributed by atoms with Crippen molar-refractivity contribution in [3.8, 4) is 0 Å². The average molecular weight is 272 g/mol. The van der Waals surface area contributed by atoms with E-state index in [1.807, 2.05) is 13.8 Å². The zero-order chi connectivity index (χ0) is 14.3. The molecule has 0 aliphatic heterocycles. The summed E-state index contributed by atoms with van der Waals surface area (Å²) < 4.78 is 38.3. The molecule has 0 heterocycles.